The number of amides is 1. The second kappa shape index (κ2) is 6.68. The molecule has 0 aliphatic carbocycles. The van der Waals surface area contributed by atoms with Crippen LogP contribution >= 0.6 is 0 Å². The molecule has 19 heavy (non-hydrogen) atoms. The monoisotopic (exact) mass is 261 g/mol. The Kier molecular flexibility index (Phi) is 4.93. The van der Waals surface area contributed by atoms with Crippen LogP contribution in [0.1, 0.15) is 31.7 Å². The summed E-state index contributed by atoms with van der Waals surface area (Å²) in [5.74, 6) is -0.110. The molecular formula is C15H23N3O. The van der Waals surface area contributed by atoms with Gasteiger partial charge in [-0.2, -0.15) is 0 Å². The van der Waals surface area contributed by atoms with E-state index >= 15 is 0 Å². The van der Waals surface area contributed by atoms with E-state index in [-0.39, 0.29) is 5.91 Å². The second-order valence-corrected chi connectivity index (χ2v) is 5.19. The number of hydrogen-bond acceptors (Lipinski definition) is 3. The topological polar surface area (TPSA) is 58.4 Å². The van der Waals surface area contributed by atoms with E-state index in [1.807, 2.05) is 25.1 Å². The molecule has 1 aliphatic heterocycles. The van der Waals surface area contributed by atoms with Crippen molar-refractivity contribution in [3.63, 3.8) is 0 Å². The van der Waals surface area contributed by atoms with E-state index in [1.54, 1.807) is 0 Å². The van der Waals surface area contributed by atoms with Crippen LogP contribution in [-0.2, 0) is 11.3 Å². The number of rotatable bonds is 5. The highest BCUT2D eigenvalue weighted by molar-refractivity contribution is 5.94. The van der Waals surface area contributed by atoms with E-state index in [1.165, 1.54) is 31.5 Å². The van der Waals surface area contributed by atoms with E-state index in [0.717, 1.165) is 12.2 Å². The molecule has 1 fully saturated rings. The molecule has 0 aromatic heterocycles. The molecule has 1 unspecified atom stereocenters. The minimum atomic E-state index is -0.428. The van der Waals surface area contributed by atoms with E-state index in [9.17, 15) is 4.79 Å². The largest absolute Gasteiger partial charge is 0.325 e. The molecule has 1 saturated heterocycles. The van der Waals surface area contributed by atoms with Gasteiger partial charge in [-0.25, -0.2) is 0 Å². The van der Waals surface area contributed by atoms with Gasteiger partial charge in [0.2, 0.25) is 5.91 Å². The van der Waals surface area contributed by atoms with Crippen LogP contribution in [0.15, 0.2) is 24.3 Å². The van der Waals surface area contributed by atoms with Crippen molar-refractivity contribution in [3.05, 3.63) is 29.8 Å². The fourth-order valence-corrected chi connectivity index (χ4v) is 2.37. The number of carbonyl (C=O) groups is 1. The van der Waals surface area contributed by atoms with E-state index in [0.29, 0.717) is 6.42 Å². The van der Waals surface area contributed by atoms with Gasteiger partial charge in [-0.15, -0.1) is 0 Å². The van der Waals surface area contributed by atoms with Gasteiger partial charge in [0.1, 0.15) is 0 Å². The minimum absolute atomic E-state index is 0.110. The lowest BCUT2D eigenvalue weighted by molar-refractivity contribution is -0.117. The minimum Gasteiger partial charge on any atom is -0.325 e. The van der Waals surface area contributed by atoms with Gasteiger partial charge in [0.25, 0.3) is 0 Å². The predicted octanol–water partition coefficient (Wildman–Crippen LogP) is 1.96. The first kappa shape index (κ1) is 14.0. The molecule has 1 amide bonds. The number of hydrogen-bond donors (Lipinski definition) is 2. The summed E-state index contributed by atoms with van der Waals surface area (Å²) in [5.41, 5.74) is 7.79. The van der Waals surface area contributed by atoms with Crippen molar-refractivity contribution in [3.8, 4) is 0 Å². The van der Waals surface area contributed by atoms with Crippen LogP contribution in [-0.4, -0.2) is 29.9 Å². The molecule has 3 N–H and O–H groups in total. The van der Waals surface area contributed by atoms with Gasteiger partial charge in [0, 0.05) is 12.2 Å². The molecule has 4 heteroatoms. The van der Waals surface area contributed by atoms with Crippen molar-refractivity contribution < 1.29 is 4.79 Å². The molecule has 1 aromatic carbocycles. The zero-order valence-corrected chi connectivity index (χ0v) is 11.6. The Hall–Kier alpha value is -1.39. The quantitative estimate of drug-likeness (QED) is 0.852. The van der Waals surface area contributed by atoms with Crippen molar-refractivity contribution in [2.75, 3.05) is 18.4 Å². The fourth-order valence-electron chi connectivity index (χ4n) is 2.37. The zero-order valence-electron chi connectivity index (χ0n) is 11.6. The van der Waals surface area contributed by atoms with Crippen molar-refractivity contribution in [2.45, 2.75) is 38.8 Å². The number of nitrogens with one attached hydrogen (secondary N) is 1. The third-order valence-electron chi connectivity index (χ3n) is 3.58. The molecule has 1 aliphatic rings. The van der Waals surface area contributed by atoms with E-state index in [2.05, 4.69) is 16.3 Å². The first-order valence-corrected chi connectivity index (χ1v) is 7.07. The summed E-state index contributed by atoms with van der Waals surface area (Å²) in [6, 6.07) is 7.61. The van der Waals surface area contributed by atoms with Crippen LogP contribution in [0.25, 0.3) is 0 Å². The number of nitrogens with two attached hydrogens (primary N) is 1. The van der Waals surface area contributed by atoms with Crippen LogP contribution in [0, 0.1) is 0 Å². The Morgan fingerprint density at radius 3 is 2.84 bits per heavy atom. The average Bonchev–Trinajstić information content (AvgIpc) is 2.91. The smallest absolute Gasteiger partial charge is 0.241 e. The number of nitrogens with zero attached hydrogens (tertiary/aromatic N) is 1. The average molecular weight is 261 g/mol. The lowest BCUT2D eigenvalue weighted by Gasteiger charge is -2.16. The molecular weight excluding hydrogens is 238 g/mol. The van der Waals surface area contributed by atoms with Crippen molar-refractivity contribution in [1.82, 2.24) is 4.90 Å². The summed E-state index contributed by atoms with van der Waals surface area (Å²) < 4.78 is 0. The standard InChI is InChI=1S/C15H23N3O/c1-2-14(16)15(19)17-13-7-5-6-12(10-13)11-18-8-3-4-9-18/h5-7,10,14H,2-4,8-9,11,16H2,1H3,(H,17,19). The molecule has 104 valence electrons. The van der Waals surface area contributed by atoms with Gasteiger partial charge in [-0.05, 0) is 50.0 Å². The maximum Gasteiger partial charge on any atom is 0.241 e. The molecule has 1 heterocycles. The summed E-state index contributed by atoms with van der Waals surface area (Å²) in [7, 11) is 0. The first-order chi connectivity index (χ1) is 9.19. The number of likely N-dealkylation sites (tertiary alicyclic amines) is 1. The predicted molar refractivity (Wildman–Crippen MR) is 77.8 cm³/mol. The number of carbonyl (C=O) groups excluding carboxylic acids is 1. The summed E-state index contributed by atoms with van der Waals surface area (Å²) in [6.07, 6.45) is 3.24. The second-order valence-electron chi connectivity index (χ2n) is 5.19. The highest BCUT2D eigenvalue weighted by atomic mass is 16.2. The van der Waals surface area contributed by atoms with Gasteiger partial charge in [0.05, 0.1) is 6.04 Å². The molecule has 0 bridgehead atoms. The Bertz CT molecular complexity index is 427. The number of benzene rings is 1. The highest BCUT2D eigenvalue weighted by Crippen LogP contribution is 2.16. The van der Waals surface area contributed by atoms with Crippen molar-refractivity contribution in [2.24, 2.45) is 5.73 Å². The Labute approximate surface area is 115 Å². The fraction of sp³-hybridized carbons (Fsp3) is 0.533. The van der Waals surface area contributed by atoms with Crippen LogP contribution in [0.3, 0.4) is 0 Å². The highest BCUT2D eigenvalue weighted by Gasteiger charge is 2.13. The summed E-state index contributed by atoms with van der Waals surface area (Å²) in [4.78, 5) is 14.2. The van der Waals surface area contributed by atoms with Crippen LogP contribution in [0.2, 0.25) is 0 Å². The van der Waals surface area contributed by atoms with Crippen LogP contribution in [0.4, 0.5) is 5.69 Å². The molecule has 4 nitrogen and oxygen atoms in total. The SMILES string of the molecule is CCC(N)C(=O)Nc1cccc(CN2CCCC2)c1. The first-order valence-electron chi connectivity index (χ1n) is 7.07. The molecule has 0 radical (unpaired) electrons. The summed E-state index contributed by atoms with van der Waals surface area (Å²) in [5, 5.41) is 2.88. The van der Waals surface area contributed by atoms with Gasteiger partial charge in [-0.3, -0.25) is 9.69 Å². The van der Waals surface area contributed by atoms with Crippen molar-refractivity contribution >= 4 is 11.6 Å². The summed E-state index contributed by atoms with van der Waals surface area (Å²) in [6.45, 7) is 5.23. The number of anilines is 1. The Morgan fingerprint density at radius 1 is 1.42 bits per heavy atom. The van der Waals surface area contributed by atoms with Crippen molar-refractivity contribution in [1.29, 1.82) is 0 Å². The molecule has 1 atom stereocenters. The lowest BCUT2D eigenvalue weighted by atomic mass is 10.1. The Morgan fingerprint density at radius 2 is 2.16 bits per heavy atom. The maximum absolute atomic E-state index is 11.8. The van der Waals surface area contributed by atoms with Gasteiger partial charge in [0.15, 0.2) is 0 Å². The lowest BCUT2D eigenvalue weighted by Crippen LogP contribution is -2.34. The zero-order chi connectivity index (χ0) is 13.7. The Balaban J connectivity index is 1.96. The van der Waals surface area contributed by atoms with Gasteiger partial charge < -0.3 is 11.1 Å². The molecule has 0 spiro atoms. The van der Waals surface area contributed by atoms with E-state index < -0.39 is 6.04 Å². The van der Waals surface area contributed by atoms with Crippen LogP contribution in [0.5, 0.6) is 0 Å². The summed E-state index contributed by atoms with van der Waals surface area (Å²) >= 11 is 0. The molecule has 0 saturated carbocycles. The normalized spacial score (nSPS) is 17.4. The molecule has 2 rings (SSSR count). The maximum atomic E-state index is 11.8. The van der Waals surface area contributed by atoms with Gasteiger partial charge in [-0.1, -0.05) is 19.1 Å². The van der Waals surface area contributed by atoms with Crippen LogP contribution < -0.4 is 11.1 Å². The van der Waals surface area contributed by atoms with E-state index in [4.69, 9.17) is 5.73 Å². The van der Waals surface area contributed by atoms with Gasteiger partial charge >= 0.3 is 0 Å². The third kappa shape index (κ3) is 4.04. The molecule has 1 aromatic rings. The third-order valence-corrected chi connectivity index (χ3v) is 3.58.